The molecule has 0 N–H and O–H groups in total. The van der Waals surface area contributed by atoms with Gasteiger partial charge < -0.3 is 14.2 Å². The second-order valence-electron chi connectivity index (χ2n) is 8.22. The topological polar surface area (TPSA) is 65.8 Å². The summed E-state index contributed by atoms with van der Waals surface area (Å²) in [7, 11) is 0. The third-order valence-electron chi connectivity index (χ3n) is 6.19. The predicted molar refractivity (Wildman–Crippen MR) is 123 cm³/mol. The number of nitrogens with zero attached hydrogens (tertiary/aromatic N) is 3. The van der Waals surface area contributed by atoms with E-state index in [1.807, 2.05) is 72.8 Å². The van der Waals surface area contributed by atoms with E-state index in [0.29, 0.717) is 12.3 Å². The Morgan fingerprint density at radius 1 is 1.00 bits per heavy atom. The molecule has 1 atom stereocenters. The maximum atomic E-state index is 13.0. The Labute approximate surface area is 191 Å². The summed E-state index contributed by atoms with van der Waals surface area (Å²) >= 11 is 0. The summed E-state index contributed by atoms with van der Waals surface area (Å²) in [5, 5.41) is 0. The van der Waals surface area contributed by atoms with Crippen LogP contribution in [0.25, 0.3) is 16.7 Å². The van der Waals surface area contributed by atoms with Crippen LogP contribution in [-0.2, 0) is 11.3 Å². The molecule has 0 saturated carbocycles. The average Bonchev–Trinajstić information content (AvgIpc) is 3.60. The van der Waals surface area contributed by atoms with Gasteiger partial charge in [0.15, 0.2) is 11.5 Å². The number of rotatable bonds is 4. The van der Waals surface area contributed by atoms with E-state index >= 15 is 0 Å². The molecule has 7 heteroatoms. The summed E-state index contributed by atoms with van der Waals surface area (Å²) in [6, 6.07) is 23.4. The first-order chi connectivity index (χ1) is 16.3. The van der Waals surface area contributed by atoms with Gasteiger partial charge in [0.05, 0.1) is 22.8 Å². The van der Waals surface area contributed by atoms with Gasteiger partial charge in [0.2, 0.25) is 6.79 Å². The lowest BCUT2D eigenvalue weighted by Crippen LogP contribution is -2.32. The highest BCUT2D eigenvalue weighted by molar-refractivity contribution is 5.79. The van der Waals surface area contributed by atoms with Gasteiger partial charge in [-0.2, -0.15) is 0 Å². The molecule has 3 aromatic carbocycles. The number of carbonyl (C=O) groups excluding carboxylic acids is 1. The molecule has 166 valence electrons. The molecule has 0 spiro atoms. The lowest BCUT2D eigenvalue weighted by molar-refractivity contribution is 0.0907. The van der Waals surface area contributed by atoms with Gasteiger partial charge >= 0.3 is 6.09 Å². The van der Waals surface area contributed by atoms with Crippen LogP contribution in [0.4, 0.5) is 4.79 Å². The number of hydrogen-bond donors (Lipinski definition) is 0. The number of fused-ring (bicyclic) bond motifs is 2. The molecule has 0 radical (unpaired) electrons. The zero-order chi connectivity index (χ0) is 22.2. The second-order valence-corrected chi connectivity index (χ2v) is 8.22. The number of benzene rings is 3. The van der Waals surface area contributed by atoms with Crippen LogP contribution in [0.5, 0.6) is 11.5 Å². The average molecular weight is 441 g/mol. The van der Waals surface area contributed by atoms with Crippen molar-refractivity contribution >= 4 is 17.1 Å². The van der Waals surface area contributed by atoms with Crippen LogP contribution in [0, 0.1) is 0 Å². The molecule has 6 rings (SSSR count). The minimum absolute atomic E-state index is 0.175. The monoisotopic (exact) mass is 441 g/mol. The van der Waals surface area contributed by atoms with Crippen molar-refractivity contribution in [1.29, 1.82) is 0 Å². The van der Waals surface area contributed by atoms with E-state index < -0.39 is 0 Å². The molecule has 0 aliphatic carbocycles. The Balaban J connectivity index is 1.36. The SMILES string of the molecule is O=C(OCc1ccccc1)N1CCC[C@H]1c1nc2ccccc2n1-c1ccc2c(c1)OCO2. The van der Waals surface area contributed by atoms with Crippen LogP contribution in [0.15, 0.2) is 72.8 Å². The molecule has 7 nitrogen and oxygen atoms in total. The largest absolute Gasteiger partial charge is 0.454 e. The molecule has 4 aromatic rings. The fourth-order valence-electron chi connectivity index (χ4n) is 4.62. The van der Waals surface area contributed by atoms with E-state index in [1.54, 1.807) is 4.90 Å². The molecule has 3 heterocycles. The zero-order valence-electron chi connectivity index (χ0n) is 18.0. The van der Waals surface area contributed by atoms with E-state index in [4.69, 9.17) is 19.2 Å². The summed E-state index contributed by atoms with van der Waals surface area (Å²) in [5.41, 5.74) is 3.76. The van der Waals surface area contributed by atoms with Gasteiger partial charge in [-0.15, -0.1) is 0 Å². The van der Waals surface area contributed by atoms with Crippen molar-refractivity contribution in [2.45, 2.75) is 25.5 Å². The van der Waals surface area contributed by atoms with Crippen LogP contribution >= 0.6 is 0 Å². The van der Waals surface area contributed by atoms with Crippen molar-refractivity contribution in [2.75, 3.05) is 13.3 Å². The number of amides is 1. The minimum Gasteiger partial charge on any atom is -0.454 e. The Bertz CT molecular complexity index is 1320. The summed E-state index contributed by atoms with van der Waals surface area (Å²) < 4.78 is 18.9. The molecule has 1 saturated heterocycles. The third-order valence-corrected chi connectivity index (χ3v) is 6.19. The van der Waals surface area contributed by atoms with Crippen LogP contribution in [-0.4, -0.2) is 33.9 Å². The highest BCUT2D eigenvalue weighted by Crippen LogP contribution is 2.38. The van der Waals surface area contributed by atoms with Gasteiger partial charge in [-0.05, 0) is 42.7 Å². The quantitative estimate of drug-likeness (QED) is 0.434. The maximum Gasteiger partial charge on any atom is 0.410 e. The Morgan fingerprint density at radius 3 is 2.73 bits per heavy atom. The van der Waals surface area contributed by atoms with Crippen molar-refractivity contribution in [2.24, 2.45) is 0 Å². The highest BCUT2D eigenvalue weighted by Gasteiger charge is 2.35. The summed E-state index contributed by atoms with van der Waals surface area (Å²) in [4.78, 5) is 19.8. The molecule has 1 amide bonds. The van der Waals surface area contributed by atoms with Gasteiger partial charge in [0, 0.05) is 12.6 Å². The van der Waals surface area contributed by atoms with Crippen molar-refractivity contribution in [3.63, 3.8) is 0 Å². The van der Waals surface area contributed by atoms with Crippen molar-refractivity contribution in [1.82, 2.24) is 14.5 Å². The van der Waals surface area contributed by atoms with Crippen LogP contribution < -0.4 is 9.47 Å². The molecule has 0 unspecified atom stereocenters. The van der Waals surface area contributed by atoms with Crippen LogP contribution in [0.3, 0.4) is 0 Å². The minimum atomic E-state index is -0.314. The van der Waals surface area contributed by atoms with Gasteiger partial charge in [-0.1, -0.05) is 42.5 Å². The van der Waals surface area contributed by atoms with Crippen molar-refractivity contribution in [3.8, 4) is 17.2 Å². The Kier molecular flexibility index (Phi) is 4.87. The zero-order valence-corrected chi connectivity index (χ0v) is 18.0. The number of para-hydroxylation sites is 2. The molecule has 1 fully saturated rings. The van der Waals surface area contributed by atoms with Gasteiger partial charge in [-0.25, -0.2) is 9.78 Å². The normalized spacial score (nSPS) is 17.0. The van der Waals surface area contributed by atoms with E-state index in [9.17, 15) is 4.79 Å². The molecular formula is C26H23N3O4. The number of likely N-dealkylation sites (tertiary alicyclic amines) is 1. The second kappa shape index (κ2) is 8.16. The molecule has 1 aromatic heterocycles. The molecule has 2 aliphatic heterocycles. The number of ether oxygens (including phenoxy) is 3. The molecule has 2 aliphatic rings. The number of hydrogen-bond acceptors (Lipinski definition) is 5. The van der Waals surface area contributed by atoms with Crippen molar-refractivity contribution < 1.29 is 19.0 Å². The van der Waals surface area contributed by atoms with E-state index in [-0.39, 0.29) is 25.5 Å². The Morgan fingerprint density at radius 2 is 1.82 bits per heavy atom. The first kappa shape index (κ1) is 19.7. The lowest BCUT2D eigenvalue weighted by atomic mass is 10.2. The van der Waals surface area contributed by atoms with E-state index in [0.717, 1.165) is 46.7 Å². The maximum absolute atomic E-state index is 13.0. The fraction of sp³-hybridized carbons (Fsp3) is 0.231. The van der Waals surface area contributed by atoms with Crippen LogP contribution in [0.2, 0.25) is 0 Å². The number of aromatic nitrogens is 2. The number of carbonyl (C=O) groups is 1. The summed E-state index contributed by atoms with van der Waals surface area (Å²) in [6.07, 6.45) is 1.41. The van der Waals surface area contributed by atoms with Crippen LogP contribution in [0.1, 0.15) is 30.3 Å². The summed E-state index contributed by atoms with van der Waals surface area (Å²) in [6.45, 7) is 1.12. The Hall–Kier alpha value is -4.00. The van der Waals surface area contributed by atoms with E-state index in [1.165, 1.54) is 0 Å². The van der Waals surface area contributed by atoms with Crippen molar-refractivity contribution in [3.05, 3.63) is 84.2 Å². The molecular weight excluding hydrogens is 418 g/mol. The standard InChI is InChI=1S/C26H23N3O4/c30-26(31-16-18-7-2-1-3-8-18)28-14-6-11-22(28)25-27-20-9-4-5-10-21(20)29(25)19-12-13-23-24(15-19)33-17-32-23/h1-5,7-10,12-13,15,22H,6,11,14,16-17H2/t22-/m0/s1. The summed E-state index contributed by atoms with van der Waals surface area (Å²) in [5.74, 6) is 2.27. The van der Waals surface area contributed by atoms with E-state index in [2.05, 4.69) is 4.57 Å². The lowest BCUT2D eigenvalue weighted by Gasteiger charge is -2.24. The molecule has 33 heavy (non-hydrogen) atoms. The van der Waals surface area contributed by atoms with Gasteiger partial charge in [-0.3, -0.25) is 9.47 Å². The smallest absolute Gasteiger partial charge is 0.410 e. The predicted octanol–water partition coefficient (Wildman–Crippen LogP) is 5.23. The molecule has 0 bridgehead atoms. The van der Waals surface area contributed by atoms with Gasteiger partial charge in [0.25, 0.3) is 0 Å². The number of imidazole rings is 1. The first-order valence-corrected chi connectivity index (χ1v) is 11.1. The highest BCUT2D eigenvalue weighted by atomic mass is 16.7. The fourth-order valence-corrected chi connectivity index (χ4v) is 4.62. The first-order valence-electron chi connectivity index (χ1n) is 11.1. The third kappa shape index (κ3) is 3.55. The van der Waals surface area contributed by atoms with Gasteiger partial charge in [0.1, 0.15) is 12.4 Å².